The van der Waals surface area contributed by atoms with E-state index in [4.69, 9.17) is 27.9 Å². The average Bonchev–Trinajstić information content (AvgIpc) is 2.47. The SMILES string of the molecule is CN/N=C/c1cccc(OCc2ccc(Cl)c(Cl)c2)c1. The van der Waals surface area contributed by atoms with Crippen LogP contribution in [0.3, 0.4) is 0 Å². The van der Waals surface area contributed by atoms with E-state index in [9.17, 15) is 0 Å². The van der Waals surface area contributed by atoms with Crippen LogP contribution in [0.15, 0.2) is 47.6 Å². The van der Waals surface area contributed by atoms with Gasteiger partial charge in [0, 0.05) is 7.05 Å². The third-order valence-electron chi connectivity index (χ3n) is 2.59. The lowest BCUT2D eigenvalue weighted by atomic mass is 10.2. The molecule has 1 N–H and O–H groups in total. The first-order valence-electron chi connectivity index (χ1n) is 6.05. The van der Waals surface area contributed by atoms with Crippen molar-refractivity contribution in [3.8, 4) is 5.75 Å². The summed E-state index contributed by atoms with van der Waals surface area (Å²) in [6.07, 6.45) is 1.73. The number of hydrazone groups is 1. The predicted octanol–water partition coefficient (Wildman–Crippen LogP) is 4.13. The van der Waals surface area contributed by atoms with Crippen molar-refractivity contribution in [2.75, 3.05) is 7.05 Å². The molecule has 0 amide bonds. The first kappa shape index (κ1) is 14.7. The number of ether oxygens (including phenoxy) is 1. The van der Waals surface area contributed by atoms with Gasteiger partial charge in [0.25, 0.3) is 0 Å². The number of nitrogens with one attached hydrogen (secondary N) is 1. The van der Waals surface area contributed by atoms with Crippen molar-refractivity contribution < 1.29 is 4.74 Å². The van der Waals surface area contributed by atoms with Crippen LogP contribution in [0.2, 0.25) is 10.0 Å². The summed E-state index contributed by atoms with van der Waals surface area (Å²) in [6.45, 7) is 0.434. The molecule has 0 atom stereocenters. The molecule has 2 aromatic rings. The fourth-order valence-corrected chi connectivity index (χ4v) is 1.94. The van der Waals surface area contributed by atoms with E-state index >= 15 is 0 Å². The molecule has 5 heteroatoms. The maximum atomic E-state index is 5.97. The molecule has 0 saturated heterocycles. The highest BCUT2D eigenvalue weighted by atomic mass is 35.5. The van der Waals surface area contributed by atoms with Crippen LogP contribution >= 0.6 is 23.2 Å². The Hall–Kier alpha value is -1.71. The second kappa shape index (κ2) is 7.17. The lowest BCUT2D eigenvalue weighted by Gasteiger charge is -2.07. The van der Waals surface area contributed by atoms with Crippen LogP contribution in [0, 0.1) is 0 Å². The largest absolute Gasteiger partial charge is 0.489 e. The molecule has 0 spiro atoms. The standard InChI is InChI=1S/C15H14Cl2N2O/c1-18-19-9-11-3-2-4-13(7-11)20-10-12-5-6-14(16)15(17)8-12/h2-9,18H,10H2,1H3/b19-9+. The van der Waals surface area contributed by atoms with Gasteiger partial charge in [-0.25, -0.2) is 0 Å². The van der Waals surface area contributed by atoms with E-state index in [0.29, 0.717) is 16.7 Å². The minimum atomic E-state index is 0.434. The van der Waals surface area contributed by atoms with Crippen molar-refractivity contribution in [3.63, 3.8) is 0 Å². The number of halogens is 2. The van der Waals surface area contributed by atoms with E-state index in [1.54, 1.807) is 25.4 Å². The molecule has 104 valence electrons. The molecule has 2 rings (SSSR count). The third-order valence-corrected chi connectivity index (χ3v) is 3.33. The van der Waals surface area contributed by atoms with Gasteiger partial charge >= 0.3 is 0 Å². The molecule has 0 saturated carbocycles. The summed E-state index contributed by atoms with van der Waals surface area (Å²) in [4.78, 5) is 0. The monoisotopic (exact) mass is 308 g/mol. The van der Waals surface area contributed by atoms with Crippen molar-refractivity contribution in [2.24, 2.45) is 5.10 Å². The van der Waals surface area contributed by atoms with E-state index in [2.05, 4.69) is 10.5 Å². The van der Waals surface area contributed by atoms with Crippen molar-refractivity contribution in [2.45, 2.75) is 6.61 Å². The van der Waals surface area contributed by atoms with E-state index in [1.807, 2.05) is 30.3 Å². The Morgan fingerprint density at radius 3 is 2.75 bits per heavy atom. The maximum absolute atomic E-state index is 5.97. The fraction of sp³-hybridized carbons (Fsp3) is 0.133. The lowest BCUT2D eigenvalue weighted by molar-refractivity contribution is 0.306. The lowest BCUT2D eigenvalue weighted by Crippen LogP contribution is -1.97. The van der Waals surface area contributed by atoms with Gasteiger partial charge in [0.2, 0.25) is 0 Å². The summed E-state index contributed by atoms with van der Waals surface area (Å²) < 4.78 is 5.72. The second-order valence-corrected chi connectivity index (χ2v) is 4.91. The maximum Gasteiger partial charge on any atom is 0.120 e. The fourth-order valence-electron chi connectivity index (χ4n) is 1.62. The van der Waals surface area contributed by atoms with Crippen LogP contribution < -0.4 is 10.2 Å². The highest BCUT2D eigenvalue weighted by Crippen LogP contribution is 2.23. The number of hydrogen-bond acceptors (Lipinski definition) is 3. The van der Waals surface area contributed by atoms with E-state index in [-0.39, 0.29) is 0 Å². The van der Waals surface area contributed by atoms with Crippen LogP contribution in [0.1, 0.15) is 11.1 Å². The molecular formula is C15H14Cl2N2O. The Morgan fingerprint density at radius 2 is 2.00 bits per heavy atom. The van der Waals surface area contributed by atoms with Crippen molar-refractivity contribution in [3.05, 3.63) is 63.6 Å². The zero-order chi connectivity index (χ0) is 14.4. The average molecular weight is 309 g/mol. The molecule has 0 aromatic heterocycles. The zero-order valence-corrected chi connectivity index (χ0v) is 12.4. The van der Waals surface area contributed by atoms with E-state index < -0.39 is 0 Å². The molecule has 0 fully saturated rings. The topological polar surface area (TPSA) is 33.6 Å². The molecule has 0 heterocycles. The second-order valence-electron chi connectivity index (χ2n) is 4.09. The summed E-state index contributed by atoms with van der Waals surface area (Å²) >= 11 is 11.8. The van der Waals surface area contributed by atoms with Crippen LogP contribution in [0.4, 0.5) is 0 Å². The number of benzene rings is 2. The summed E-state index contributed by atoms with van der Waals surface area (Å²) in [5.74, 6) is 0.774. The van der Waals surface area contributed by atoms with Crippen LogP contribution in [0.25, 0.3) is 0 Å². The van der Waals surface area contributed by atoms with Gasteiger partial charge in [-0.2, -0.15) is 5.10 Å². The third kappa shape index (κ3) is 4.15. The summed E-state index contributed by atoms with van der Waals surface area (Å²) in [5, 5.41) is 5.03. The van der Waals surface area contributed by atoms with E-state index in [1.165, 1.54) is 0 Å². The van der Waals surface area contributed by atoms with Crippen molar-refractivity contribution in [1.29, 1.82) is 0 Å². The molecule has 0 bridgehead atoms. The molecule has 3 nitrogen and oxygen atoms in total. The Labute approximate surface area is 128 Å². The predicted molar refractivity (Wildman–Crippen MR) is 83.9 cm³/mol. The molecule has 0 aliphatic rings. The molecular weight excluding hydrogens is 295 g/mol. The highest BCUT2D eigenvalue weighted by Gasteiger charge is 2.01. The van der Waals surface area contributed by atoms with Crippen LogP contribution in [-0.2, 0) is 6.61 Å². The minimum absolute atomic E-state index is 0.434. The van der Waals surface area contributed by atoms with Gasteiger partial charge in [-0.05, 0) is 35.4 Å². The zero-order valence-electron chi connectivity index (χ0n) is 10.9. The molecule has 0 radical (unpaired) electrons. The highest BCUT2D eigenvalue weighted by molar-refractivity contribution is 6.42. The van der Waals surface area contributed by atoms with Crippen molar-refractivity contribution in [1.82, 2.24) is 5.43 Å². The number of nitrogens with zero attached hydrogens (tertiary/aromatic N) is 1. The number of rotatable bonds is 5. The smallest absolute Gasteiger partial charge is 0.120 e. The molecule has 0 aliphatic carbocycles. The van der Waals surface area contributed by atoms with Crippen molar-refractivity contribution >= 4 is 29.4 Å². The van der Waals surface area contributed by atoms with Gasteiger partial charge in [0.05, 0.1) is 16.3 Å². The van der Waals surface area contributed by atoms with Gasteiger partial charge in [-0.3, -0.25) is 0 Å². The summed E-state index contributed by atoms with van der Waals surface area (Å²) in [7, 11) is 1.75. The minimum Gasteiger partial charge on any atom is -0.489 e. The van der Waals surface area contributed by atoms with Crippen LogP contribution in [-0.4, -0.2) is 13.3 Å². The van der Waals surface area contributed by atoms with Gasteiger partial charge in [0.15, 0.2) is 0 Å². The molecule has 20 heavy (non-hydrogen) atoms. The van der Waals surface area contributed by atoms with E-state index in [0.717, 1.165) is 16.9 Å². The molecule has 0 unspecified atom stereocenters. The van der Waals surface area contributed by atoms with Gasteiger partial charge < -0.3 is 10.2 Å². The first-order valence-corrected chi connectivity index (χ1v) is 6.81. The quantitative estimate of drug-likeness (QED) is 0.665. The summed E-state index contributed by atoms with van der Waals surface area (Å²) in [6, 6.07) is 13.1. The van der Waals surface area contributed by atoms with Gasteiger partial charge in [0.1, 0.15) is 12.4 Å². The van der Waals surface area contributed by atoms with Gasteiger partial charge in [-0.1, -0.05) is 41.4 Å². The van der Waals surface area contributed by atoms with Crippen LogP contribution in [0.5, 0.6) is 5.75 Å². The molecule has 2 aromatic carbocycles. The Morgan fingerprint density at radius 1 is 1.15 bits per heavy atom. The normalized spacial score (nSPS) is 10.8. The Bertz CT molecular complexity index is 615. The Balaban J connectivity index is 2.03. The Kier molecular flexibility index (Phi) is 5.27. The summed E-state index contributed by atoms with van der Waals surface area (Å²) in [5.41, 5.74) is 4.64. The number of hydrogen-bond donors (Lipinski definition) is 1. The van der Waals surface area contributed by atoms with Gasteiger partial charge in [-0.15, -0.1) is 0 Å². The first-order chi connectivity index (χ1) is 9.69. The molecule has 0 aliphatic heterocycles.